The molecule has 1 aromatic heterocycles. The first-order chi connectivity index (χ1) is 9.34. The maximum Gasteiger partial charge on any atom is 0.106 e. The summed E-state index contributed by atoms with van der Waals surface area (Å²) in [6, 6.07) is 4.17. The Kier molecular flexibility index (Phi) is 3.87. The van der Waals surface area contributed by atoms with Crippen molar-refractivity contribution in [1.29, 1.82) is 0 Å². The molecule has 1 aliphatic rings. The lowest BCUT2D eigenvalue weighted by Crippen LogP contribution is -2.06. The van der Waals surface area contributed by atoms with E-state index in [1.54, 1.807) is 11.3 Å². The Hall–Kier alpha value is -1.29. The summed E-state index contributed by atoms with van der Waals surface area (Å²) in [5.74, 6) is 0.972. The van der Waals surface area contributed by atoms with Gasteiger partial charge in [-0.25, -0.2) is 4.98 Å². The van der Waals surface area contributed by atoms with Gasteiger partial charge in [-0.15, -0.1) is 11.3 Å². The van der Waals surface area contributed by atoms with Crippen LogP contribution in [0.15, 0.2) is 17.6 Å². The zero-order valence-electron chi connectivity index (χ0n) is 11.2. The van der Waals surface area contributed by atoms with Crippen molar-refractivity contribution in [2.45, 2.75) is 38.5 Å². The number of nitrogens with zero attached hydrogens (tertiary/aromatic N) is 1. The predicted molar refractivity (Wildman–Crippen MR) is 83.7 cm³/mol. The van der Waals surface area contributed by atoms with Gasteiger partial charge in [0.1, 0.15) is 5.52 Å². The average molecular weight is 275 g/mol. The lowest BCUT2D eigenvalue weighted by atomic mass is 10.0. The number of aromatic nitrogens is 1. The van der Waals surface area contributed by atoms with Crippen molar-refractivity contribution in [3.63, 3.8) is 0 Å². The number of nitrogens with one attached hydrogen (secondary N) is 1. The number of anilines is 2. The average Bonchev–Trinajstić information content (AvgIpc) is 3.08. The van der Waals surface area contributed by atoms with Crippen LogP contribution in [0.25, 0.3) is 10.2 Å². The van der Waals surface area contributed by atoms with Crippen molar-refractivity contribution in [2.75, 3.05) is 17.6 Å². The van der Waals surface area contributed by atoms with Crippen molar-refractivity contribution in [3.05, 3.63) is 17.6 Å². The number of nitrogen functional groups attached to an aromatic ring is 1. The van der Waals surface area contributed by atoms with Gasteiger partial charge < -0.3 is 11.1 Å². The first-order valence-electron chi connectivity index (χ1n) is 7.20. The highest BCUT2D eigenvalue weighted by molar-refractivity contribution is 7.16. The number of thiazole rings is 1. The quantitative estimate of drug-likeness (QED) is 0.633. The second kappa shape index (κ2) is 5.78. The van der Waals surface area contributed by atoms with Gasteiger partial charge in [0.2, 0.25) is 0 Å². The molecular formula is C15H21N3S. The third-order valence-corrected chi connectivity index (χ3v) is 4.92. The minimum absolute atomic E-state index is 0.791. The molecule has 3 nitrogen and oxygen atoms in total. The van der Waals surface area contributed by atoms with Gasteiger partial charge in [-0.05, 0) is 30.9 Å². The Balaban J connectivity index is 1.54. The fourth-order valence-electron chi connectivity index (χ4n) is 3.02. The van der Waals surface area contributed by atoms with Gasteiger partial charge >= 0.3 is 0 Å². The predicted octanol–water partition coefficient (Wildman–Crippen LogP) is 4.26. The van der Waals surface area contributed by atoms with Crippen LogP contribution in [0.2, 0.25) is 0 Å². The fraction of sp³-hybridized carbons (Fsp3) is 0.533. The summed E-state index contributed by atoms with van der Waals surface area (Å²) < 4.78 is 1.16. The van der Waals surface area contributed by atoms with Crippen molar-refractivity contribution >= 4 is 32.9 Å². The number of nitrogens with two attached hydrogens (primary N) is 1. The van der Waals surface area contributed by atoms with Crippen LogP contribution >= 0.6 is 11.3 Å². The molecule has 1 heterocycles. The van der Waals surface area contributed by atoms with Crippen molar-refractivity contribution < 1.29 is 0 Å². The molecule has 0 aliphatic heterocycles. The van der Waals surface area contributed by atoms with Gasteiger partial charge in [-0.3, -0.25) is 0 Å². The molecule has 19 heavy (non-hydrogen) atoms. The lowest BCUT2D eigenvalue weighted by molar-refractivity contribution is 0.491. The maximum absolute atomic E-state index is 6.15. The Labute approximate surface area is 118 Å². The Morgan fingerprint density at radius 3 is 3.00 bits per heavy atom. The van der Waals surface area contributed by atoms with E-state index >= 15 is 0 Å². The molecule has 102 valence electrons. The number of benzene rings is 1. The van der Waals surface area contributed by atoms with Crippen LogP contribution in [0, 0.1) is 5.92 Å². The zero-order valence-corrected chi connectivity index (χ0v) is 12.0. The van der Waals surface area contributed by atoms with Crippen LogP contribution < -0.4 is 11.1 Å². The minimum atomic E-state index is 0.791. The smallest absolute Gasteiger partial charge is 0.106 e. The van der Waals surface area contributed by atoms with Crippen LogP contribution in [0.3, 0.4) is 0 Å². The molecule has 3 rings (SSSR count). The lowest BCUT2D eigenvalue weighted by Gasteiger charge is -2.11. The summed E-state index contributed by atoms with van der Waals surface area (Å²) in [5, 5.41) is 3.46. The highest BCUT2D eigenvalue weighted by Gasteiger charge is 2.14. The van der Waals surface area contributed by atoms with Crippen LogP contribution in [-0.2, 0) is 0 Å². The molecule has 1 aromatic carbocycles. The van der Waals surface area contributed by atoms with Crippen LogP contribution in [0.1, 0.15) is 38.5 Å². The SMILES string of the molecule is Nc1c(NCCCC2CCCC2)ccc2scnc12. The molecule has 1 fully saturated rings. The summed E-state index contributed by atoms with van der Waals surface area (Å²) in [5.41, 5.74) is 10.8. The van der Waals surface area contributed by atoms with E-state index in [1.807, 2.05) is 5.51 Å². The molecule has 2 aromatic rings. The normalized spacial score (nSPS) is 16.2. The number of rotatable bonds is 5. The standard InChI is InChI=1S/C15H21N3S/c16-14-12(7-8-13-15(14)18-10-19-13)17-9-3-6-11-4-1-2-5-11/h7-8,10-11,17H,1-6,9,16H2. The highest BCUT2D eigenvalue weighted by Crippen LogP contribution is 2.31. The fourth-order valence-corrected chi connectivity index (χ4v) is 3.71. The van der Waals surface area contributed by atoms with E-state index in [0.29, 0.717) is 0 Å². The van der Waals surface area contributed by atoms with Crippen LogP contribution in [0.4, 0.5) is 11.4 Å². The topological polar surface area (TPSA) is 50.9 Å². The van der Waals surface area contributed by atoms with Gasteiger partial charge in [0.15, 0.2) is 0 Å². The largest absolute Gasteiger partial charge is 0.395 e. The molecule has 0 amide bonds. The minimum Gasteiger partial charge on any atom is -0.395 e. The van der Waals surface area contributed by atoms with E-state index in [2.05, 4.69) is 22.4 Å². The summed E-state index contributed by atoms with van der Waals surface area (Å²) in [6.07, 6.45) is 8.34. The van der Waals surface area contributed by atoms with E-state index < -0.39 is 0 Å². The van der Waals surface area contributed by atoms with Gasteiger partial charge in [-0.2, -0.15) is 0 Å². The number of hydrogen-bond donors (Lipinski definition) is 2. The van der Waals surface area contributed by atoms with Crippen molar-refractivity contribution in [1.82, 2.24) is 4.98 Å². The summed E-state index contributed by atoms with van der Waals surface area (Å²) in [4.78, 5) is 4.32. The first-order valence-corrected chi connectivity index (χ1v) is 8.08. The van der Waals surface area contributed by atoms with Crippen molar-refractivity contribution in [3.8, 4) is 0 Å². The molecule has 4 heteroatoms. The third kappa shape index (κ3) is 2.84. The molecule has 0 saturated heterocycles. The summed E-state index contributed by atoms with van der Waals surface area (Å²) in [7, 11) is 0. The van der Waals surface area contributed by atoms with Gasteiger partial charge in [0.05, 0.1) is 21.6 Å². The molecule has 0 radical (unpaired) electrons. The summed E-state index contributed by atoms with van der Waals surface area (Å²) >= 11 is 1.64. The molecule has 3 N–H and O–H groups in total. The number of fused-ring (bicyclic) bond motifs is 1. The molecule has 0 spiro atoms. The monoisotopic (exact) mass is 275 g/mol. The molecule has 0 atom stereocenters. The van der Waals surface area contributed by atoms with Gasteiger partial charge in [0, 0.05) is 6.54 Å². The molecule has 0 unspecified atom stereocenters. The molecular weight excluding hydrogens is 254 g/mol. The zero-order chi connectivity index (χ0) is 13.1. The molecule has 1 aliphatic carbocycles. The Morgan fingerprint density at radius 1 is 1.32 bits per heavy atom. The third-order valence-electron chi connectivity index (χ3n) is 4.12. The second-order valence-electron chi connectivity index (χ2n) is 5.45. The maximum atomic E-state index is 6.15. The molecule has 0 bridgehead atoms. The van der Waals surface area contributed by atoms with Gasteiger partial charge in [-0.1, -0.05) is 25.7 Å². The van der Waals surface area contributed by atoms with E-state index in [-0.39, 0.29) is 0 Å². The van der Waals surface area contributed by atoms with Crippen molar-refractivity contribution in [2.24, 2.45) is 5.92 Å². The van der Waals surface area contributed by atoms with Crippen LogP contribution in [0.5, 0.6) is 0 Å². The van der Waals surface area contributed by atoms with E-state index in [0.717, 1.165) is 34.1 Å². The Bertz CT molecular complexity index is 543. The number of hydrogen-bond acceptors (Lipinski definition) is 4. The second-order valence-corrected chi connectivity index (χ2v) is 6.33. The summed E-state index contributed by atoms with van der Waals surface area (Å²) in [6.45, 7) is 1.01. The first kappa shape index (κ1) is 12.7. The van der Waals surface area contributed by atoms with E-state index in [1.165, 1.54) is 38.5 Å². The Morgan fingerprint density at radius 2 is 2.16 bits per heavy atom. The highest BCUT2D eigenvalue weighted by atomic mass is 32.1. The van der Waals surface area contributed by atoms with Crippen LogP contribution in [-0.4, -0.2) is 11.5 Å². The van der Waals surface area contributed by atoms with Gasteiger partial charge in [0.25, 0.3) is 0 Å². The van der Waals surface area contributed by atoms with E-state index in [4.69, 9.17) is 5.73 Å². The molecule has 1 saturated carbocycles. The van der Waals surface area contributed by atoms with E-state index in [9.17, 15) is 0 Å².